The summed E-state index contributed by atoms with van der Waals surface area (Å²) in [4.78, 5) is 14.4. The zero-order valence-corrected chi connectivity index (χ0v) is 9.82. The van der Waals surface area contributed by atoms with Gasteiger partial charge in [-0.05, 0) is 12.1 Å². The minimum atomic E-state index is -0.343. The number of rotatable bonds is 1. The standard InChI is InChI=1S/C9H7BrClN3O/c10-6-1-4(11)2-7-8(6)5(3-13-7)9(15)14-12/h1-3,13H,12H2,(H,14,15). The van der Waals surface area contributed by atoms with Crippen LogP contribution in [-0.2, 0) is 0 Å². The van der Waals surface area contributed by atoms with E-state index in [9.17, 15) is 4.79 Å². The first-order valence-electron chi connectivity index (χ1n) is 4.10. The molecule has 0 aliphatic carbocycles. The minimum absolute atomic E-state index is 0.343. The van der Waals surface area contributed by atoms with Gasteiger partial charge in [0.25, 0.3) is 5.91 Å². The second kappa shape index (κ2) is 3.84. The molecular formula is C9H7BrClN3O. The number of nitrogens with two attached hydrogens (primary N) is 1. The summed E-state index contributed by atoms with van der Waals surface area (Å²) in [5, 5.41) is 1.36. The Morgan fingerprint density at radius 2 is 2.27 bits per heavy atom. The molecule has 78 valence electrons. The number of nitrogen functional groups attached to an aromatic ring is 1. The smallest absolute Gasteiger partial charge is 0.267 e. The number of H-pyrrole nitrogens is 1. The maximum absolute atomic E-state index is 11.4. The molecule has 0 unspecified atom stereocenters. The number of nitrogens with one attached hydrogen (secondary N) is 2. The van der Waals surface area contributed by atoms with Gasteiger partial charge in [-0.15, -0.1) is 0 Å². The van der Waals surface area contributed by atoms with Crippen molar-refractivity contribution in [3.05, 3.63) is 33.4 Å². The fraction of sp³-hybridized carbons (Fsp3) is 0. The molecule has 0 aliphatic rings. The van der Waals surface area contributed by atoms with Gasteiger partial charge in [0, 0.05) is 26.6 Å². The van der Waals surface area contributed by atoms with E-state index in [1.165, 1.54) is 0 Å². The van der Waals surface area contributed by atoms with Gasteiger partial charge in [0.1, 0.15) is 0 Å². The molecule has 1 aromatic heterocycles. The third-order valence-corrected chi connectivity index (χ3v) is 2.92. The van der Waals surface area contributed by atoms with Crippen LogP contribution in [-0.4, -0.2) is 10.9 Å². The van der Waals surface area contributed by atoms with Gasteiger partial charge in [-0.1, -0.05) is 27.5 Å². The summed E-state index contributed by atoms with van der Waals surface area (Å²) < 4.78 is 0.754. The lowest BCUT2D eigenvalue weighted by Crippen LogP contribution is -2.29. The highest BCUT2D eigenvalue weighted by atomic mass is 79.9. The minimum Gasteiger partial charge on any atom is -0.360 e. The first-order valence-corrected chi connectivity index (χ1v) is 5.27. The maximum Gasteiger partial charge on any atom is 0.267 e. The fourth-order valence-electron chi connectivity index (χ4n) is 1.44. The number of fused-ring (bicyclic) bond motifs is 1. The van der Waals surface area contributed by atoms with E-state index in [2.05, 4.69) is 26.3 Å². The van der Waals surface area contributed by atoms with E-state index in [4.69, 9.17) is 17.4 Å². The SMILES string of the molecule is NNC(=O)c1c[nH]c2cc(Cl)cc(Br)c12. The Hall–Kier alpha value is -1.04. The number of halogens is 2. The van der Waals surface area contributed by atoms with Crippen LogP contribution in [0, 0.1) is 0 Å². The monoisotopic (exact) mass is 287 g/mol. The molecule has 15 heavy (non-hydrogen) atoms. The van der Waals surface area contributed by atoms with Gasteiger partial charge in [-0.3, -0.25) is 10.2 Å². The Bertz CT molecular complexity index is 537. The lowest BCUT2D eigenvalue weighted by Gasteiger charge is -2.00. The van der Waals surface area contributed by atoms with Crippen molar-refractivity contribution < 1.29 is 4.79 Å². The molecule has 1 amide bonds. The van der Waals surface area contributed by atoms with E-state index in [-0.39, 0.29) is 5.91 Å². The molecule has 4 nitrogen and oxygen atoms in total. The van der Waals surface area contributed by atoms with Crippen molar-refractivity contribution >= 4 is 44.3 Å². The number of carbonyl (C=O) groups is 1. The number of hydrazine groups is 1. The van der Waals surface area contributed by atoms with E-state index in [1.807, 2.05) is 0 Å². The summed E-state index contributed by atoms with van der Waals surface area (Å²) in [7, 11) is 0. The molecular weight excluding hydrogens is 281 g/mol. The number of hydrogen-bond acceptors (Lipinski definition) is 2. The third kappa shape index (κ3) is 1.73. The van der Waals surface area contributed by atoms with Crippen molar-refractivity contribution in [1.82, 2.24) is 10.4 Å². The first-order chi connectivity index (χ1) is 7.13. The van der Waals surface area contributed by atoms with Crippen LogP contribution in [0.5, 0.6) is 0 Å². The number of carbonyl (C=O) groups excluding carboxylic acids is 1. The summed E-state index contributed by atoms with van der Waals surface area (Å²) in [6.45, 7) is 0. The fourth-order valence-corrected chi connectivity index (χ4v) is 2.46. The third-order valence-electron chi connectivity index (χ3n) is 2.07. The number of benzene rings is 1. The highest BCUT2D eigenvalue weighted by Crippen LogP contribution is 2.30. The quantitative estimate of drug-likeness (QED) is 0.428. The average molecular weight is 289 g/mol. The van der Waals surface area contributed by atoms with Crippen molar-refractivity contribution in [2.75, 3.05) is 0 Å². The summed E-state index contributed by atoms with van der Waals surface area (Å²) in [6, 6.07) is 3.47. The molecule has 0 aliphatic heterocycles. The van der Waals surface area contributed by atoms with Gasteiger partial charge in [0.05, 0.1) is 5.56 Å². The van der Waals surface area contributed by atoms with Crippen molar-refractivity contribution in [3.8, 4) is 0 Å². The summed E-state index contributed by atoms with van der Waals surface area (Å²) >= 11 is 9.22. The topological polar surface area (TPSA) is 70.9 Å². The normalized spacial score (nSPS) is 10.6. The number of aromatic nitrogens is 1. The van der Waals surface area contributed by atoms with E-state index < -0.39 is 0 Å². The van der Waals surface area contributed by atoms with Crippen LogP contribution in [0.1, 0.15) is 10.4 Å². The first kappa shape index (κ1) is 10.5. The van der Waals surface area contributed by atoms with Crippen molar-refractivity contribution in [3.63, 3.8) is 0 Å². The Kier molecular flexibility index (Phi) is 2.68. The molecule has 1 heterocycles. The van der Waals surface area contributed by atoms with Crippen LogP contribution >= 0.6 is 27.5 Å². The molecule has 0 saturated carbocycles. The molecule has 0 radical (unpaired) electrons. The Morgan fingerprint density at radius 3 is 2.93 bits per heavy atom. The molecule has 0 bridgehead atoms. The average Bonchev–Trinajstić information content (AvgIpc) is 2.60. The van der Waals surface area contributed by atoms with Crippen molar-refractivity contribution in [2.24, 2.45) is 5.84 Å². The lowest BCUT2D eigenvalue weighted by molar-refractivity contribution is 0.0955. The molecule has 0 fully saturated rings. The van der Waals surface area contributed by atoms with E-state index in [0.717, 1.165) is 15.4 Å². The predicted octanol–water partition coefficient (Wildman–Crippen LogP) is 2.19. The summed E-state index contributed by atoms with van der Waals surface area (Å²) in [5.74, 6) is 4.74. The van der Waals surface area contributed by atoms with Crippen molar-refractivity contribution in [2.45, 2.75) is 0 Å². The largest absolute Gasteiger partial charge is 0.360 e. The molecule has 0 saturated heterocycles. The molecule has 2 aromatic rings. The predicted molar refractivity (Wildman–Crippen MR) is 62.7 cm³/mol. The number of amides is 1. The van der Waals surface area contributed by atoms with Crippen LogP contribution in [0.2, 0.25) is 5.02 Å². The van der Waals surface area contributed by atoms with Crippen LogP contribution < -0.4 is 11.3 Å². The second-order valence-corrected chi connectivity index (χ2v) is 4.28. The van der Waals surface area contributed by atoms with E-state index in [1.54, 1.807) is 18.3 Å². The molecule has 1 aromatic carbocycles. The van der Waals surface area contributed by atoms with Crippen molar-refractivity contribution in [1.29, 1.82) is 0 Å². The van der Waals surface area contributed by atoms with Gasteiger partial charge in [0.2, 0.25) is 0 Å². The summed E-state index contributed by atoms with van der Waals surface area (Å²) in [5.41, 5.74) is 3.36. The second-order valence-electron chi connectivity index (χ2n) is 2.99. The van der Waals surface area contributed by atoms with Gasteiger partial charge >= 0.3 is 0 Å². The summed E-state index contributed by atoms with van der Waals surface area (Å²) in [6.07, 6.45) is 1.59. The van der Waals surface area contributed by atoms with E-state index in [0.29, 0.717) is 10.6 Å². The Balaban J connectivity index is 2.74. The molecule has 0 spiro atoms. The van der Waals surface area contributed by atoms with Gasteiger partial charge in [-0.2, -0.15) is 0 Å². The van der Waals surface area contributed by atoms with Crippen LogP contribution in [0.4, 0.5) is 0 Å². The molecule has 0 atom stereocenters. The van der Waals surface area contributed by atoms with Gasteiger partial charge < -0.3 is 4.98 Å². The number of aromatic amines is 1. The Morgan fingerprint density at radius 1 is 1.53 bits per heavy atom. The zero-order valence-electron chi connectivity index (χ0n) is 7.47. The molecule has 6 heteroatoms. The van der Waals surface area contributed by atoms with Crippen LogP contribution in [0.3, 0.4) is 0 Å². The van der Waals surface area contributed by atoms with Gasteiger partial charge in [0.15, 0.2) is 0 Å². The molecule has 2 rings (SSSR count). The maximum atomic E-state index is 11.4. The van der Waals surface area contributed by atoms with E-state index >= 15 is 0 Å². The van der Waals surface area contributed by atoms with Gasteiger partial charge in [-0.25, -0.2) is 5.84 Å². The lowest BCUT2D eigenvalue weighted by atomic mass is 10.2. The zero-order chi connectivity index (χ0) is 11.0. The van der Waals surface area contributed by atoms with Crippen LogP contribution in [0.25, 0.3) is 10.9 Å². The number of hydrogen-bond donors (Lipinski definition) is 3. The highest BCUT2D eigenvalue weighted by Gasteiger charge is 2.13. The van der Waals surface area contributed by atoms with Crippen LogP contribution in [0.15, 0.2) is 22.8 Å². The Labute approximate surface area is 98.9 Å². The highest BCUT2D eigenvalue weighted by molar-refractivity contribution is 9.10. The molecule has 4 N–H and O–H groups in total.